The number of unbranched alkanes of at least 4 members (excludes halogenated alkanes) is 53. The van der Waals surface area contributed by atoms with E-state index in [2.05, 4.69) is 48.5 Å². The maximum absolute atomic E-state index is 13.2. The molecule has 0 spiro atoms. The number of hydrogen-bond donors (Lipinski definition) is 3. The highest BCUT2D eigenvalue weighted by Crippen LogP contribution is 2.45. The van der Waals surface area contributed by atoms with E-state index in [4.69, 9.17) is 37.0 Å². The van der Waals surface area contributed by atoms with E-state index < -0.39 is 97.5 Å². The summed E-state index contributed by atoms with van der Waals surface area (Å²) in [5, 5.41) is 10.7. The smallest absolute Gasteiger partial charge is 0.462 e. The van der Waals surface area contributed by atoms with Gasteiger partial charge in [0.25, 0.3) is 0 Å². The largest absolute Gasteiger partial charge is 0.472 e. The molecule has 0 aliphatic carbocycles. The van der Waals surface area contributed by atoms with Gasteiger partial charge in [0, 0.05) is 25.7 Å². The molecule has 0 heterocycles. The molecular formula is C88H172O17P2. The first kappa shape index (κ1) is 105. The molecule has 0 aliphatic heterocycles. The van der Waals surface area contributed by atoms with Crippen LogP contribution in [0.25, 0.3) is 0 Å². The average molecular weight is 1560 g/mol. The number of hydrogen-bond acceptors (Lipinski definition) is 15. The van der Waals surface area contributed by atoms with Crippen LogP contribution in [0.3, 0.4) is 0 Å². The van der Waals surface area contributed by atoms with Gasteiger partial charge in [-0.3, -0.25) is 37.3 Å². The van der Waals surface area contributed by atoms with Gasteiger partial charge in [-0.25, -0.2) is 9.13 Å². The molecule has 0 aromatic heterocycles. The fraction of sp³-hybridized carbons (Fsp3) is 0.955. The van der Waals surface area contributed by atoms with Crippen LogP contribution in [-0.2, 0) is 65.4 Å². The Hall–Kier alpha value is -1.94. The lowest BCUT2D eigenvalue weighted by atomic mass is 9.99. The second kappa shape index (κ2) is 78.0. The van der Waals surface area contributed by atoms with Crippen LogP contribution in [0.15, 0.2) is 0 Å². The predicted molar refractivity (Wildman–Crippen MR) is 441 cm³/mol. The van der Waals surface area contributed by atoms with Crippen molar-refractivity contribution in [3.05, 3.63) is 0 Å². The summed E-state index contributed by atoms with van der Waals surface area (Å²) >= 11 is 0. The lowest BCUT2D eigenvalue weighted by Gasteiger charge is -2.21. The zero-order chi connectivity index (χ0) is 78.6. The minimum atomic E-state index is -4.97. The molecule has 107 heavy (non-hydrogen) atoms. The fourth-order valence-electron chi connectivity index (χ4n) is 13.7. The molecule has 3 N–H and O–H groups in total. The molecule has 0 amide bonds. The SMILES string of the molecule is CCCCCCCCCCCCCCCCCCCCCCCCC(=O)O[C@H](COC(=O)CCCCCCCCCCCCCCCCC(C)CC)COP(=O)(O)OC[C@@H](O)COP(=O)(O)OC[C@@H](COC(=O)CCCCCCCCCCCC(C)C)OC(=O)CCCCCCCCCCCCCCC(C)C. The summed E-state index contributed by atoms with van der Waals surface area (Å²) < 4.78 is 69.0. The zero-order valence-corrected chi connectivity index (χ0v) is 72.4. The Morgan fingerprint density at radius 2 is 0.477 bits per heavy atom. The third-order valence-electron chi connectivity index (χ3n) is 21.0. The topological polar surface area (TPSA) is 237 Å². The Labute approximate surface area is 658 Å². The van der Waals surface area contributed by atoms with Crippen LogP contribution in [-0.4, -0.2) is 96.7 Å². The molecule has 6 atom stereocenters. The molecule has 0 bridgehead atoms. The molecular weight excluding hydrogens is 1390 g/mol. The summed E-state index contributed by atoms with van der Waals surface area (Å²) in [7, 11) is -9.93. The van der Waals surface area contributed by atoms with Crippen molar-refractivity contribution in [1.29, 1.82) is 0 Å². The van der Waals surface area contributed by atoms with Crippen LogP contribution in [0.2, 0.25) is 0 Å². The summed E-state index contributed by atoms with van der Waals surface area (Å²) in [4.78, 5) is 73.3. The maximum Gasteiger partial charge on any atom is 0.472 e. The van der Waals surface area contributed by atoms with Crippen LogP contribution in [0.5, 0.6) is 0 Å². The number of aliphatic hydroxyl groups excluding tert-OH is 1. The van der Waals surface area contributed by atoms with Gasteiger partial charge in [0.1, 0.15) is 19.3 Å². The van der Waals surface area contributed by atoms with Gasteiger partial charge in [0.15, 0.2) is 12.2 Å². The van der Waals surface area contributed by atoms with Gasteiger partial charge < -0.3 is 33.8 Å². The Morgan fingerprint density at radius 3 is 0.710 bits per heavy atom. The molecule has 0 rings (SSSR count). The average Bonchev–Trinajstić information content (AvgIpc) is 0.900. The van der Waals surface area contributed by atoms with E-state index in [1.165, 1.54) is 276 Å². The van der Waals surface area contributed by atoms with Crippen molar-refractivity contribution in [2.24, 2.45) is 17.8 Å². The van der Waals surface area contributed by atoms with Gasteiger partial charge in [0.05, 0.1) is 26.4 Å². The highest BCUT2D eigenvalue weighted by atomic mass is 31.2. The number of phosphoric acid groups is 2. The minimum Gasteiger partial charge on any atom is -0.462 e. The molecule has 3 unspecified atom stereocenters. The van der Waals surface area contributed by atoms with Crippen molar-refractivity contribution in [3.8, 4) is 0 Å². The number of ether oxygens (including phenoxy) is 4. The quantitative estimate of drug-likeness (QED) is 0.0222. The molecule has 0 aromatic rings. The molecule has 0 aliphatic rings. The van der Waals surface area contributed by atoms with Crippen molar-refractivity contribution >= 4 is 39.5 Å². The number of phosphoric ester groups is 2. The molecule has 0 saturated heterocycles. The number of carbonyl (C=O) groups excluding carboxylic acids is 4. The standard InChI is InChI=1S/C88H172O17P2/c1-8-10-11-12-13-14-15-16-17-18-19-20-21-22-23-24-29-35-42-50-57-64-71-87(92)104-83(75-98-85(90)69-62-55-48-41-34-28-26-25-27-33-40-47-54-61-68-81(7)9-2)77-102-106(94,95)100-73-82(89)74-101-107(96,97)103-78-84(76-99-86(91)70-63-56-49-44-37-39-46-53-60-67-80(5)6)105-88(93)72-65-58-51-43-36-31-30-32-38-45-52-59-66-79(3)4/h79-84,89H,8-78H2,1-7H3,(H,94,95)(H,96,97)/t81?,82-,83-,84-/m1/s1. The van der Waals surface area contributed by atoms with E-state index >= 15 is 0 Å². The lowest BCUT2D eigenvalue weighted by Crippen LogP contribution is -2.30. The first-order chi connectivity index (χ1) is 51.8. The van der Waals surface area contributed by atoms with Crippen LogP contribution in [0, 0.1) is 17.8 Å². The number of esters is 4. The Kier molecular flexibility index (Phi) is 76.6. The van der Waals surface area contributed by atoms with Gasteiger partial charge in [-0.05, 0) is 43.4 Å². The lowest BCUT2D eigenvalue weighted by molar-refractivity contribution is -0.161. The highest BCUT2D eigenvalue weighted by Gasteiger charge is 2.31. The van der Waals surface area contributed by atoms with Crippen molar-refractivity contribution in [1.82, 2.24) is 0 Å². The second-order valence-electron chi connectivity index (χ2n) is 32.8. The first-order valence-electron chi connectivity index (χ1n) is 45.4. The van der Waals surface area contributed by atoms with E-state index in [0.717, 1.165) is 108 Å². The molecule has 17 nitrogen and oxygen atoms in total. The van der Waals surface area contributed by atoms with Gasteiger partial charge in [-0.15, -0.1) is 0 Å². The van der Waals surface area contributed by atoms with E-state index in [0.29, 0.717) is 25.7 Å². The molecule has 0 aromatic carbocycles. The molecule has 19 heteroatoms. The summed E-state index contributed by atoms with van der Waals surface area (Å²) in [6, 6.07) is 0. The van der Waals surface area contributed by atoms with Gasteiger partial charge in [0.2, 0.25) is 0 Å². The van der Waals surface area contributed by atoms with Gasteiger partial charge in [-0.1, -0.05) is 414 Å². The summed E-state index contributed by atoms with van der Waals surface area (Å²) in [5.41, 5.74) is 0. The molecule has 0 fully saturated rings. The van der Waals surface area contributed by atoms with Gasteiger partial charge >= 0.3 is 39.5 Å². The van der Waals surface area contributed by atoms with Crippen molar-refractivity contribution < 1.29 is 80.2 Å². The normalized spacial score (nSPS) is 14.1. The fourth-order valence-corrected chi connectivity index (χ4v) is 15.3. The third-order valence-corrected chi connectivity index (χ3v) is 22.9. The summed E-state index contributed by atoms with van der Waals surface area (Å²) in [6.45, 7) is 12.0. The Balaban J connectivity index is 5.25. The monoisotopic (exact) mass is 1560 g/mol. The van der Waals surface area contributed by atoms with Crippen LogP contribution >= 0.6 is 15.6 Å². The molecule has 0 saturated carbocycles. The van der Waals surface area contributed by atoms with E-state index in [1.54, 1.807) is 0 Å². The number of aliphatic hydroxyl groups is 1. The second-order valence-corrected chi connectivity index (χ2v) is 35.7. The number of rotatable bonds is 86. The molecule has 0 radical (unpaired) electrons. The Morgan fingerprint density at radius 1 is 0.271 bits per heavy atom. The summed E-state index contributed by atoms with van der Waals surface area (Å²) in [5.74, 6) is 0.267. The number of carbonyl (C=O) groups is 4. The van der Waals surface area contributed by atoms with Crippen molar-refractivity contribution in [2.75, 3.05) is 39.6 Å². The van der Waals surface area contributed by atoms with Crippen LogP contribution in [0.4, 0.5) is 0 Å². The zero-order valence-electron chi connectivity index (χ0n) is 70.6. The minimum absolute atomic E-state index is 0.107. The van der Waals surface area contributed by atoms with Crippen LogP contribution in [0.1, 0.15) is 466 Å². The van der Waals surface area contributed by atoms with Gasteiger partial charge in [-0.2, -0.15) is 0 Å². The predicted octanol–water partition coefficient (Wildman–Crippen LogP) is 26.9. The van der Waals surface area contributed by atoms with Crippen molar-refractivity contribution in [3.63, 3.8) is 0 Å². The van der Waals surface area contributed by atoms with E-state index in [1.807, 2.05) is 0 Å². The van der Waals surface area contributed by atoms with Crippen LogP contribution < -0.4 is 0 Å². The van der Waals surface area contributed by atoms with E-state index in [9.17, 15) is 43.2 Å². The third kappa shape index (κ3) is 80.5. The molecule has 636 valence electrons. The van der Waals surface area contributed by atoms with E-state index in [-0.39, 0.29) is 25.7 Å². The first-order valence-corrected chi connectivity index (χ1v) is 48.4. The maximum atomic E-state index is 13.2. The van der Waals surface area contributed by atoms with Crippen molar-refractivity contribution in [2.45, 2.75) is 484 Å². The highest BCUT2D eigenvalue weighted by molar-refractivity contribution is 7.47. The Bertz CT molecular complexity index is 2060. The summed E-state index contributed by atoms with van der Waals surface area (Å²) in [6.07, 6.45) is 69.4.